The quantitative estimate of drug-likeness (QED) is 0.338. The molecule has 0 spiro atoms. The van der Waals surface area contributed by atoms with Crippen LogP contribution in [0.3, 0.4) is 0 Å². The average Bonchev–Trinajstić information content (AvgIpc) is 2.65. The van der Waals surface area contributed by atoms with E-state index in [1.165, 1.54) is 12.1 Å². The second-order valence-corrected chi connectivity index (χ2v) is 8.45. The molecule has 0 saturated carbocycles. The monoisotopic (exact) mass is 460 g/mol. The highest BCUT2D eigenvalue weighted by Crippen LogP contribution is 2.29. The van der Waals surface area contributed by atoms with Crippen LogP contribution in [0.1, 0.15) is 26.3 Å². The van der Waals surface area contributed by atoms with Crippen LogP contribution in [0.4, 0.5) is 0 Å². The number of hydrogen-bond donors (Lipinski definition) is 1. The van der Waals surface area contributed by atoms with E-state index in [0.29, 0.717) is 0 Å². The number of esters is 3. The van der Waals surface area contributed by atoms with Crippen LogP contribution in [0, 0.1) is 6.92 Å². The van der Waals surface area contributed by atoms with Gasteiger partial charge in [0.05, 0.1) is 11.5 Å². The van der Waals surface area contributed by atoms with E-state index in [1.54, 1.807) is 19.1 Å². The standard InChI is InChI=1S/C19H24O11S/c1-10-5-7-14(8-6-10)31(24,25)26-9-15-16(27-11(2)20)17(28-12(3)21)18(19(23)30-15)29-13(4)22/h5-8,15-19,23H,9H2,1-4H3/t15-,16+,17-,18-,19?/m0/s1. The van der Waals surface area contributed by atoms with Crippen LogP contribution in [0.5, 0.6) is 0 Å². The number of aliphatic hydroxyl groups excluding tert-OH is 1. The summed E-state index contributed by atoms with van der Waals surface area (Å²) in [6, 6.07) is 5.87. The highest BCUT2D eigenvalue weighted by molar-refractivity contribution is 7.86. The van der Waals surface area contributed by atoms with Gasteiger partial charge in [-0.2, -0.15) is 8.42 Å². The Morgan fingerprint density at radius 2 is 1.39 bits per heavy atom. The van der Waals surface area contributed by atoms with Crippen LogP contribution in [0.2, 0.25) is 0 Å². The molecule has 31 heavy (non-hydrogen) atoms. The summed E-state index contributed by atoms with van der Waals surface area (Å²) < 4.78 is 50.5. The van der Waals surface area contributed by atoms with Gasteiger partial charge in [0.2, 0.25) is 0 Å². The molecule has 1 aromatic carbocycles. The van der Waals surface area contributed by atoms with E-state index in [-0.39, 0.29) is 4.90 Å². The van der Waals surface area contributed by atoms with Gasteiger partial charge < -0.3 is 24.1 Å². The van der Waals surface area contributed by atoms with Gasteiger partial charge in [-0.3, -0.25) is 18.6 Å². The minimum absolute atomic E-state index is 0.118. The van der Waals surface area contributed by atoms with Crippen molar-refractivity contribution in [1.82, 2.24) is 0 Å². The van der Waals surface area contributed by atoms with Crippen molar-refractivity contribution in [1.29, 1.82) is 0 Å². The van der Waals surface area contributed by atoms with E-state index in [4.69, 9.17) is 23.1 Å². The molecule has 1 aliphatic rings. The van der Waals surface area contributed by atoms with Crippen LogP contribution in [-0.2, 0) is 47.6 Å². The Hall–Kier alpha value is -2.54. The largest absolute Gasteiger partial charge is 0.456 e. The number of aliphatic hydroxyl groups is 1. The number of aryl methyl sites for hydroxylation is 1. The third-order valence-corrected chi connectivity index (χ3v) is 5.51. The lowest BCUT2D eigenvalue weighted by molar-refractivity contribution is -0.294. The number of rotatable bonds is 7. The van der Waals surface area contributed by atoms with Crippen LogP contribution >= 0.6 is 0 Å². The van der Waals surface area contributed by atoms with Gasteiger partial charge in [-0.15, -0.1) is 0 Å². The van der Waals surface area contributed by atoms with E-state index in [9.17, 15) is 27.9 Å². The fourth-order valence-corrected chi connectivity index (χ4v) is 3.85. The molecule has 0 bridgehead atoms. The van der Waals surface area contributed by atoms with Crippen molar-refractivity contribution in [2.75, 3.05) is 6.61 Å². The minimum atomic E-state index is -4.21. The first-order valence-electron chi connectivity index (χ1n) is 9.22. The average molecular weight is 460 g/mol. The van der Waals surface area contributed by atoms with Gasteiger partial charge in [0.15, 0.2) is 24.6 Å². The lowest BCUT2D eigenvalue weighted by atomic mass is 9.98. The van der Waals surface area contributed by atoms with E-state index in [1.807, 2.05) is 0 Å². The molecule has 2 rings (SSSR count). The predicted molar refractivity (Wildman–Crippen MR) is 102 cm³/mol. The van der Waals surface area contributed by atoms with Crippen molar-refractivity contribution in [2.45, 2.75) is 63.3 Å². The molecule has 11 nitrogen and oxygen atoms in total. The first kappa shape index (κ1) is 24.7. The summed E-state index contributed by atoms with van der Waals surface area (Å²) in [5.74, 6) is -2.45. The summed E-state index contributed by atoms with van der Waals surface area (Å²) in [7, 11) is -4.21. The number of hydrogen-bond acceptors (Lipinski definition) is 11. The fourth-order valence-electron chi connectivity index (χ4n) is 2.94. The van der Waals surface area contributed by atoms with Crippen molar-refractivity contribution < 1.29 is 51.0 Å². The lowest BCUT2D eigenvalue weighted by Crippen LogP contribution is -2.62. The first-order valence-corrected chi connectivity index (χ1v) is 10.6. The summed E-state index contributed by atoms with van der Waals surface area (Å²) >= 11 is 0. The number of carbonyl (C=O) groups excluding carboxylic acids is 3. The Balaban J connectivity index is 2.29. The molecule has 5 atom stereocenters. The van der Waals surface area contributed by atoms with Crippen LogP contribution in [0.25, 0.3) is 0 Å². The third-order valence-electron chi connectivity index (χ3n) is 4.21. The maximum Gasteiger partial charge on any atom is 0.303 e. The zero-order valence-electron chi connectivity index (χ0n) is 17.3. The molecule has 1 saturated heterocycles. The lowest BCUT2D eigenvalue weighted by Gasteiger charge is -2.42. The number of carbonyl (C=O) groups is 3. The van der Waals surface area contributed by atoms with Gasteiger partial charge in [-0.05, 0) is 19.1 Å². The van der Waals surface area contributed by atoms with Crippen molar-refractivity contribution in [3.63, 3.8) is 0 Å². The molecule has 1 fully saturated rings. The van der Waals surface area contributed by atoms with Crippen molar-refractivity contribution in [3.05, 3.63) is 29.8 Å². The Morgan fingerprint density at radius 1 is 0.903 bits per heavy atom. The van der Waals surface area contributed by atoms with E-state index in [0.717, 1.165) is 26.3 Å². The topological polar surface area (TPSA) is 152 Å². The maximum absolute atomic E-state index is 12.5. The Kier molecular flexibility index (Phi) is 8.12. The summed E-state index contributed by atoms with van der Waals surface area (Å²) in [5.41, 5.74) is 0.841. The number of benzene rings is 1. The summed E-state index contributed by atoms with van der Waals surface area (Å²) in [5, 5.41) is 10.3. The highest BCUT2D eigenvalue weighted by atomic mass is 32.2. The molecule has 1 unspecified atom stereocenters. The molecule has 172 valence electrons. The van der Waals surface area contributed by atoms with Gasteiger partial charge in [-0.1, -0.05) is 17.7 Å². The van der Waals surface area contributed by atoms with Crippen LogP contribution in [-0.4, -0.2) is 68.7 Å². The molecule has 1 N–H and O–H groups in total. The normalized spacial score (nSPS) is 26.0. The van der Waals surface area contributed by atoms with Gasteiger partial charge in [0.25, 0.3) is 10.1 Å². The Morgan fingerprint density at radius 3 is 1.90 bits per heavy atom. The molecule has 12 heteroatoms. The van der Waals surface area contributed by atoms with Crippen LogP contribution < -0.4 is 0 Å². The summed E-state index contributed by atoms with van der Waals surface area (Å²) in [6.45, 7) is 4.28. The molecular formula is C19H24O11S. The molecule has 0 aliphatic carbocycles. The molecule has 0 radical (unpaired) electrons. The second kappa shape index (κ2) is 10.2. The summed E-state index contributed by atoms with van der Waals surface area (Å²) in [6.07, 6.45) is -7.59. The Bertz CT molecular complexity index is 909. The highest BCUT2D eigenvalue weighted by Gasteiger charge is 2.51. The SMILES string of the molecule is CC(=O)O[C@H]1[C@H](OC(C)=O)[C@H](OC(C)=O)C(O)O[C@H]1COS(=O)(=O)c1ccc(C)cc1. The molecule has 0 amide bonds. The second-order valence-electron chi connectivity index (χ2n) is 6.84. The zero-order valence-corrected chi connectivity index (χ0v) is 18.2. The molecular weight excluding hydrogens is 436 g/mol. The van der Waals surface area contributed by atoms with Gasteiger partial charge >= 0.3 is 17.9 Å². The minimum Gasteiger partial charge on any atom is -0.456 e. The van der Waals surface area contributed by atoms with Gasteiger partial charge in [0, 0.05) is 20.8 Å². The zero-order chi connectivity index (χ0) is 23.3. The third kappa shape index (κ3) is 6.72. The van der Waals surface area contributed by atoms with E-state index >= 15 is 0 Å². The maximum atomic E-state index is 12.5. The van der Waals surface area contributed by atoms with Crippen molar-refractivity contribution in [3.8, 4) is 0 Å². The smallest absolute Gasteiger partial charge is 0.303 e. The first-order chi connectivity index (χ1) is 14.4. The van der Waals surface area contributed by atoms with Gasteiger partial charge in [-0.25, -0.2) is 0 Å². The molecule has 0 aromatic heterocycles. The molecule has 1 heterocycles. The molecule has 1 aliphatic heterocycles. The van der Waals surface area contributed by atoms with Crippen LogP contribution in [0.15, 0.2) is 29.2 Å². The fraction of sp³-hybridized carbons (Fsp3) is 0.526. The Labute approximate surface area is 179 Å². The van der Waals surface area contributed by atoms with E-state index < -0.39 is 65.3 Å². The summed E-state index contributed by atoms with van der Waals surface area (Å²) in [4.78, 5) is 34.4. The number of ether oxygens (including phenoxy) is 4. The van der Waals surface area contributed by atoms with Crippen molar-refractivity contribution in [2.24, 2.45) is 0 Å². The molecule has 1 aromatic rings. The predicted octanol–water partition coefficient (Wildman–Crippen LogP) is 0.213. The van der Waals surface area contributed by atoms with Crippen molar-refractivity contribution >= 4 is 28.0 Å². The van der Waals surface area contributed by atoms with E-state index in [2.05, 4.69) is 0 Å². The van der Waals surface area contributed by atoms with Gasteiger partial charge in [0.1, 0.15) is 6.10 Å².